The molecule has 6 nitrogen and oxygen atoms in total. The van der Waals surface area contributed by atoms with Crippen molar-refractivity contribution in [2.45, 2.75) is 32.4 Å². The third-order valence-corrected chi connectivity index (χ3v) is 3.60. The lowest BCUT2D eigenvalue weighted by Crippen LogP contribution is -2.54. The number of likely N-dealkylation sites (N-methyl/N-ethyl adjacent to an activating group) is 1. The first kappa shape index (κ1) is 15.4. The van der Waals surface area contributed by atoms with Crippen molar-refractivity contribution >= 4 is 5.97 Å². The van der Waals surface area contributed by atoms with Crippen LogP contribution in [0.25, 0.3) is 0 Å². The fourth-order valence-electron chi connectivity index (χ4n) is 2.22. The second-order valence-electron chi connectivity index (χ2n) is 4.95. The number of carboxylic acids is 1. The first-order valence-corrected chi connectivity index (χ1v) is 6.38. The number of hydrogen-bond donors (Lipinski definition) is 2. The highest BCUT2D eigenvalue weighted by atomic mass is 16.5. The van der Waals surface area contributed by atoms with E-state index >= 15 is 0 Å². The number of aliphatic carboxylic acids is 1. The highest BCUT2D eigenvalue weighted by molar-refractivity contribution is 5.67. The van der Waals surface area contributed by atoms with Gasteiger partial charge in [-0.05, 0) is 12.8 Å². The van der Waals surface area contributed by atoms with Crippen molar-refractivity contribution < 1.29 is 19.7 Å². The Bertz CT molecular complexity index is 269. The number of aliphatic hydroxyl groups excluding tert-OH is 1. The first-order valence-electron chi connectivity index (χ1n) is 6.38. The van der Waals surface area contributed by atoms with E-state index in [1.807, 2.05) is 19.0 Å². The van der Waals surface area contributed by atoms with Gasteiger partial charge in [0.1, 0.15) is 0 Å². The average Bonchev–Trinajstić information content (AvgIpc) is 2.36. The molecule has 0 aromatic rings. The number of hydrogen-bond acceptors (Lipinski definition) is 5. The Kier molecular flexibility index (Phi) is 6.01. The van der Waals surface area contributed by atoms with Gasteiger partial charge in [0, 0.05) is 26.2 Å². The van der Waals surface area contributed by atoms with Crippen LogP contribution in [0.4, 0.5) is 0 Å². The van der Waals surface area contributed by atoms with E-state index in [9.17, 15) is 9.90 Å². The molecular weight excluding hydrogens is 236 g/mol. The van der Waals surface area contributed by atoms with Crippen LogP contribution < -0.4 is 0 Å². The van der Waals surface area contributed by atoms with Gasteiger partial charge in [0.25, 0.3) is 0 Å². The van der Waals surface area contributed by atoms with Gasteiger partial charge in [0.05, 0.1) is 25.7 Å². The van der Waals surface area contributed by atoms with E-state index in [1.54, 1.807) is 6.92 Å². The topological polar surface area (TPSA) is 73.2 Å². The van der Waals surface area contributed by atoms with Crippen molar-refractivity contribution in [1.29, 1.82) is 0 Å². The minimum atomic E-state index is -0.872. The molecule has 0 aromatic carbocycles. The lowest BCUT2D eigenvalue weighted by molar-refractivity contribution is -0.142. The van der Waals surface area contributed by atoms with Crippen molar-refractivity contribution in [2.75, 3.05) is 33.4 Å². The van der Waals surface area contributed by atoms with Crippen LogP contribution in [0.15, 0.2) is 0 Å². The van der Waals surface area contributed by atoms with Gasteiger partial charge in [0.2, 0.25) is 0 Å². The summed E-state index contributed by atoms with van der Waals surface area (Å²) < 4.78 is 5.28. The molecule has 1 aliphatic heterocycles. The summed E-state index contributed by atoms with van der Waals surface area (Å²) in [5.41, 5.74) is 0. The molecular formula is C12H24N2O4. The zero-order valence-electron chi connectivity index (χ0n) is 11.4. The predicted molar refractivity (Wildman–Crippen MR) is 67.0 cm³/mol. The lowest BCUT2D eigenvalue weighted by Gasteiger charge is -2.41. The zero-order valence-corrected chi connectivity index (χ0v) is 11.4. The zero-order chi connectivity index (χ0) is 13.7. The van der Waals surface area contributed by atoms with Gasteiger partial charge in [-0.2, -0.15) is 0 Å². The van der Waals surface area contributed by atoms with Crippen molar-refractivity contribution in [3.8, 4) is 0 Å². The van der Waals surface area contributed by atoms with Crippen molar-refractivity contribution in [1.82, 2.24) is 10.0 Å². The highest BCUT2D eigenvalue weighted by Crippen LogP contribution is 2.17. The number of nitrogens with zero attached hydrogens (tertiary/aromatic N) is 2. The fraction of sp³-hybridized carbons (Fsp3) is 0.917. The number of morpholine rings is 1. The second kappa shape index (κ2) is 7.04. The molecule has 18 heavy (non-hydrogen) atoms. The van der Waals surface area contributed by atoms with E-state index in [0.717, 1.165) is 13.1 Å². The summed E-state index contributed by atoms with van der Waals surface area (Å²) in [6, 6.07) is -0.113. The Morgan fingerprint density at radius 2 is 1.94 bits per heavy atom. The van der Waals surface area contributed by atoms with Crippen molar-refractivity contribution in [2.24, 2.45) is 5.92 Å². The van der Waals surface area contributed by atoms with Crippen LogP contribution >= 0.6 is 0 Å². The van der Waals surface area contributed by atoms with Crippen LogP contribution in [0.2, 0.25) is 0 Å². The molecule has 0 aromatic heterocycles. The molecule has 6 heteroatoms. The first-order chi connectivity index (χ1) is 8.43. The van der Waals surface area contributed by atoms with Gasteiger partial charge in [-0.1, -0.05) is 6.92 Å². The molecule has 0 spiro atoms. The monoisotopic (exact) mass is 260 g/mol. The Hall–Kier alpha value is -0.690. The number of rotatable bonds is 6. The Morgan fingerprint density at radius 3 is 2.44 bits per heavy atom. The standard InChI is InChI=1S/C12H24N2O4/c1-9(8-11(15)16)12(17)10(2)13(3)14-4-6-18-7-5-14/h9-10,12,17H,4-8H2,1-3H3,(H,15,16)/t9-,10+,12-/m1/s1. The fourth-order valence-corrected chi connectivity index (χ4v) is 2.22. The van der Waals surface area contributed by atoms with E-state index in [1.165, 1.54) is 0 Å². The molecule has 0 saturated carbocycles. The molecule has 3 atom stereocenters. The van der Waals surface area contributed by atoms with E-state index < -0.39 is 12.1 Å². The number of carboxylic acid groups (broad SMARTS) is 1. The minimum Gasteiger partial charge on any atom is -0.481 e. The number of hydrazine groups is 1. The molecule has 1 saturated heterocycles. The maximum absolute atomic E-state index is 10.7. The summed E-state index contributed by atoms with van der Waals surface area (Å²) >= 11 is 0. The van der Waals surface area contributed by atoms with Gasteiger partial charge in [-0.25, -0.2) is 10.0 Å². The maximum Gasteiger partial charge on any atom is 0.303 e. The lowest BCUT2D eigenvalue weighted by atomic mass is 9.95. The smallest absolute Gasteiger partial charge is 0.303 e. The second-order valence-corrected chi connectivity index (χ2v) is 4.95. The van der Waals surface area contributed by atoms with Crippen molar-refractivity contribution in [3.63, 3.8) is 0 Å². The van der Waals surface area contributed by atoms with Gasteiger partial charge in [0.15, 0.2) is 0 Å². The van der Waals surface area contributed by atoms with Crippen molar-refractivity contribution in [3.05, 3.63) is 0 Å². The summed E-state index contributed by atoms with van der Waals surface area (Å²) in [6.07, 6.45) is -0.670. The van der Waals surface area contributed by atoms with Gasteiger partial charge < -0.3 is 14.9 Å². The van der Waals surface area contributed by atoms with E-state index in [2.05, 4.69) is 5.01 Å². The molecule has 2 N–H and O–H groups in total. The summed E-state index contributed by atoms with van der Waals surface area (Å²) in [4.78, 5) is 10.7. The highest BCUT2D eigenvalue weighted by Gasteiger charge is 2.29. The number of carbonyl (C=O) groups is 1. The molecule has 0 amide bonds. The van der Waals surface area contributed by atoms with Gasteiger partial charge in [-0.15, -0.1) is 0 Å². The van der Waals surface area contributed by atoms with Crippen LogP contribution in [0.1, 0.15) is 20.3 Å². The Morgan fingerprint density at radius 1 is 1.39 bits per heavy atom. The van der Waals surface area contributed by atoms with Crippen LogP contribution in [-0.2, 0) is 9.53 Å². The third kappa shape index (κ3) is 4.20. The predicted octanol–water partition coefficient (Wildman–Crippen LogP) is 0.0256. The largest absolute Gasteiger partial charge is 0.481 e. The Balaban J connectivity index is 2.50. The molecule has 1 rings (SSSR count). The summed E-state index contributed by atoms with van der Waals surface area (Å²) in [5, 5.41) is 23.0. The summed E-state index contributed by atoms with van der Waals surface area (Å²) in [7, 11) is 1.92. The molecule has 1 heterocycles. The van der Waals surface area contributed by atoms with Crippen LogP contribution in [0, 0.1) is 5.92 Å². The van der Waals surface area contributed by atoms with Gasteiger partial charge >= 0.3 is 5.97 Å². The molecule has 0 bridgehead atoms. The minimum absolute atomic E-state index is 0.0115. The van der Waals surface area contributed by atoms with Gasteiger partial charge in [-0.3, -0.25) is 4.79 Å². The number of aliphatic hydroxyl groups is 1. The quantitative estimate of drug-likeness (QED) is 0.702. The molecule has 1 fully saturated rings. The molecule has 1 aliphatic rings. The Labute approximate surface area is 108 Å². The van der Waals surface area contributed by atoms with Crippen LogP contribution in [-0.4, -0.2) is 71.7 Å². The summed E-state index contributed by atoms with van der Waals surface area (Å²) in [6.45, 7) is 6.68. The maximum atomic E-state index is 10.7. The summed E-state index contributed by atoms with van der Waals surface area (Å²) in [5.74, 6) is -1.14. The van der Waals surface area contributed by atoms with Crippen LogP contribution in [0.3, 0.4) is 0 Å². The van der Waals surface area contributed by atoms with E-state index in [0.29, 0.717) is 13.2 Å². The number of ether oxygens (including phenoxy) is 1. The van der Waals surface area contributed by atoms with Crippen LogP contribution in [0.5, 0.6) is 0 Å². The SMILES string of the molecule is C[C@H](CC(=O)O)[C@@H](O)[C@H](C)N(C)N1CCOCC1. The van der Waals surface area contributed by atoms with E-state index in [4.69, 9.17) is 9.84 Å². The average molecular weight is 260 g/mol. The molecule has 0 radical (unpaired) electrons. The normalized spacial score (nSPS) is 22.7. The third-order valence-electron chi connectivity index (χ3n) is 3.60. The molecule has 0 aliphatic carbocycles. The molecule has 0 unspecified atom stereocenters. The molecule has 106 valence electrons. The van der Waals surface area contributed by atoms with E-state index in [-0.39, 0.29) is 18.4 Å².